The third kappa shape index (κ3) is 4.48. The van der Waals surface area contributed by atoms with Crippen molar-refractivity contribution in [2.75, 3.05) is 19.5 Å². The first-order valence-corrected chi connectivity index (χ1v) is 8.27. The zero-order valence-corrected chi connectivity index (χ0v) is 14.7. The Bertz CT molecular complexity index is 727. The standard InChI is InChI=1S/C17H20N2O4S/c1-4-12-6-7-13(24-12)10-18-16(20)17(21)19-11-5-8-14(22-2)15(9-11)23-3/h5-9H,4,10H2,1-3H3,(H,18,20)(H,19,21). The Morgan fingerprint density at radius 2 is 1.71 bits per heavy atom. The van der Waals surface area contributed by atoms with Gasteiger partial charge in [-0.3, -0.25) is 9.59 Å². The largest absolute Gasteiger partial charge is 0.493 e. The Kier molecular flexibility index (Phi) is 6.20. The molecule has 0 saturated heterocycles. The van der Waals surface area contributed by atoms with Crippen LogP contribution >= 0.6 is 11.3 Å². The molecule has 2 aromatic rings. The third-order valence-electron chi connectivity index (χ3n) is 3.34. The van der Waals surface area contributed by atoms with Crippen LogP contribution in [0.1, 0.15) is 16.7 Å². The van der Waals surface area contributed by atoms with Crippen molar-refractivity contribution in [3.05, 3.63) is 40.1 Å². The molecule has 0 atom stereocenters. The molecular formula is C17H20N2O4S. The van der Waals surface area contributed by atoms with Crippen LogP contribution in [0.4, 0.5) is 5.69 Å². The van der Waals surface area contributed by atoms with E-state index in [-0.39, 0.29) is 0 Å². The molecule has 0 aliphatic heterocycles. The lowest BCUT2D eigenvalue weighted by molar-refractivity contribution is -0.136. The Morgan fingerprint density at radius 3 is 2.33 bits per heavy atom. The molecule has 0 saturated carbocycles. The summed E-state index contributed by atoms with van der Waals surface area (Å²) in [6, 6.07) is 8.87. The van der Waals surface area contributed by atoms with Gasteiger partial charge in [0.15, 0.2) is 11.5 Å². The predicted molar refractivity (Wildman–Crippen MR) is 93.7 cm³/mol. The van der Waals surface area contributed by atoms with Crippen molar-refractivity contribution < 1.29 is 19.1 Å². The zero-order chi connectivity index (χ0) is 17.5. The summed E-state index contributed by atoms with van der Waals surface area (Å²) in [6.45, 7) is 2.41. The molecule has 128 valence electrons. The summed E-state index contributed by atoms with van der Waals surface area (Å²) >= 11 is 1.62. The lowest BCUT2D eigenvalue weighted by atomic mass is 10.2. The van der Waals surface area contributed by atoms with Crippen LogP contribution < -0.4 is 20.1 Å². The molecule has 7 heteroatoms. The van der Waals surface area contributed by atoms with Crippen LogP contribution in [0.15, 0.2) is 30.3 Å². The van der Waals surface area contributed by atoms with Gasteiger partial charge < -0.3 is 20.1 Å². The molecule has 0 unspecified atom stereocenters. The molecule has 24 heavy (non-hydrogen) atoms. The van der Waals surface area contributed by atoms with Gasteiger partial charge in [-0.05, 0) is 30.7 Å². The minimum Gasteiger partial charge on any atom is -0.493 e. The van der Waals surface area contributed by atoms with E-state index >= 15 is 0 Å². The van der Waals surface area contributed by atoms with Crippen molar-refractivity contribution in [3.8, 4) is 11.5 Å². The Balaban J connectivity index is 1.92. The number of thiophene rings is 1. The van der Waals surface area contributed by atoms with Gasteiger partial charge in [-0.1, -0.05) is 6.92 Å². The van der Waals surface area contributed by atoms with Crippen molar-refractivity contribution in [2.24, 2.45) is 0 Å². The number of amides is 2. The van der Waals surface area contributed by atoms with E-state index in [1.54, 1.807) is 29.5 Å². The van der Waals surface area contributed by atoms with Gasteiger partial charge >= 0.3 is 11.8 Å². The number of rotatable bonds is 6. The summed E-state index contributed by atoms with van der Waals surface area (Å²) in [4.78, 5) is 26.1. The summed E-state index contributed by atoms with van der Waals surface area (Å²) in [6.07, 6.45) is 0.957. The fourth-order valence-electron chi connectivity index (χ4n) is 2.06. The lowest BCUT2D eigenvalue weighted by Gasteiger charge is -2.10. The number of hydrogen-bond acceptors (Lipinski definition) is 5. The van der Waals surface area contributed by atoms with Crippen molar-refractivity contribution in [2.45, 2.75) is 19.9 Å². The number of ether oxygens (including phenoxy) is 2. The van der Waals surface area contributed by atoms with Crippen LogP contribution in [-0.2, 0) is 22.6 Å². The van der Waals surface area contributed by atoms with Crippen molar-refractivity contribution in [1.82, 2.24) is 5.32 Å². The normalized spacial score (nSPS) is 10.1. The molecule has 1 aromatic carbocycles. The SMILES string of the molecule is CCc1ccc(CNC(=O)C(=O)Nc2ccc(OC)c(OC)c2)s1. The molecule has 2 rings (SSSR count). The Labute approximate surface area is 144 Å². The second kappa shape index (κ2) is 8.35. The zero-order valence-electron chi connectivity index (χ0n) is 13.8. The molecule has 0 aliphatic rings. The minimum atomic E-state index is -0.727. The molecule has 2 amide bonds. The maximum atomic E-state index is 12.0. The van der Waals surface area contributed by atoms with Crippen LogP contribution in [0.5, 0.6) is 11.5 Å². The van der Waals surface area contributed by atoms with Gasteiger partial charge in [-0.15, -0.1) is 11.3 Å². The molecule has 2 N–H and O–H groups in total. The van der Waals surface area contributed by atoms with E-state index in [2.05, 4.69) is 17.6 Å². The summed E-state index contributed by atoms with van der Waals surface area (Å²) in [5.41, 5.74) is 0.456. The number of methoxy groups -OCH3 is 2. The topological polar surface area (TPSA) is 76.7 Å². The highest BCUT2D eigenvalue weighted by Crippen LogP contribution is 2.29. The summed E-state index contributed by atoms with van der Waals surface area (Å²) in [5.74, 6) is -0.392. The predicted octanol–water partition coefficient (Wildman–Crippen LogP) is 2.58. The molecule has 0 fully saturated rings. The fourth-order valence-corrected chi connectivity index (χ4v) is 2.95. The molecule has 0 bridgehead atoms. The molecule has 0 radical (unpaired) electrons. The van der Waals surface area contributed by atoms with E-state index in [1.165, 1.54) is 19.1 Å². The summed E-state index contributed by atoms with van der Waals surface area (Å²) < 4.78 is 10.3. The maximum Gasteiger partial charge on any atom is 0.313 e. The number of nitrogens with one attached hydrogen (secondary N) is 2. The van der Waals surface area contributed by atoms with E-state index in [0.717, 1.165) is 11.3 Å². The van der Waals surface area contributed by atoms with Gasteiger partial charge in [0.05, 0.1) is 20.8 Å². The summed E-state index contributed by atoms with van der Waals surface area (Å²) in [5, 5.41) is 5.15. The maximum absolute atomic E-state index is 12.0. The highest BCUT2D eigenvalue weighted by atomic mass is 32.1. The quantitative estimate of drug-likeness (QED) is 0.787. The molecule has 0 spiro atoms. The lowest BCUT2D eigenvalue weighted by Crippen LogP contribution is -2.34. The van der Waals surface area contributed by atoms with Crippen LogP contribution in [0.2, 0.25) is 0 Å². The molecular weight excluding hydrogens is 328 g/mol. The van der Waals surface area contributed by atoms with E-state index in [4.69, 9.17) is 9.47 Å². The smallest absolute Gasteiger partial charge is 0.313 e. The number of aryl methyl sites for hydroxylation is 1. The summed E-state index contributed by atoms with van der Waals surface area (Å²) in [7, 11) is 3.03. The van der Waals surface area contributed by atoms with Gasteiger partial charge in [0.25, 0.3) is 0 Å². The van der Waals surface area contributed by atoms with Crippen molar-refractivity contribution in [3.63, 3.8) is 0 Å². The van der Waals surface area contributed by atoms with E-state index in [1.807, 2.05) is 12.1 Å². The fraction of sp³-hybridized carbons (Fsp3) is 0.294. The van der Waals surface area contributed by atoms with Crippen LogP contribution in [0.3, 0.4) is 0 Å². The number of carbonyl (C=O) groups is 2. The van der Waals surface area contributed by atoms with Crippen molar-refractivity contribution >= 4 is 28.8 Å². The minimum absolute atomic E-state index is 0.336. The molecule has 0 aliphatic carbocycles. The molecule has 6 nitrogen and oxygen atoms in total. The number of anilines is 1. The highest BCUT2D eigenvalue weighted by molar-refractivity contribution is 7.11. The van der Waals surface area contributed by atoms with E-state index in [0.29, 0.717) is 23.7 Å². The first-order valence-electron chi connectivity index (χ1n) is 7.46. The van der Waals surface area contributed by atoms with Crippen molar-refractivity contribution in [1.29, 1.82) is 0 Å². The van der Waals surface area contributed by atoms with E-state index in [9.17, 15) is 9.59 Å². The van der Waals surface area contributed by atoms with Crippen LogP contribution in [-0.4, -0.2) is 26.0 Å². The van der Waals surface area contributed by atoms with Crippen LogP contribution in [0, 0.1) is 0 Å². The average molecular weight is 348 g/mol. The number of hydrogen-bond donors (Lipinski definition) is 2. The third-order valence-corrected chi connectivity index (χ3v) is 4.57. The average Bonchev–Trinajstić information content (AvgIpc) is 3.07. The first kappa shape index (κ1) is 17.8. The Morgan fingerprint density at radius 1 is 1.00 bits per heavy atom. The van der Waals surface area contributed by atoms with Gasteiger partial charge in [0, 0.05) is 21.5 Å². The second-order valence-corrected chi connectivity index (χ2v) is 6.18. The number of benzene rings is 1. The monoisotopic (exact) mass is 348 g/mol. The van der Waals surface area contributed by atoms with E-state index < -0.39 is 11.8 Å². The number of carbonyl (C=O) groups excluding carboxylic acids is 2. The first-order chi connectivity index (χ1) is 11.6. The molecule has 1 heterocycles. The van der Waals surface area contributed by atoms with Gasteiger partial charge in [0.2, 0.25) is 0 Å². The van der Waals surface area contributed by atoms with Gasteiger partial charge in [0.1, 0.15) is 0 Å². The second-order valence-electron chi connectivity index (χ2n) is 4.93. The van der Waals surface area contributed by atoms with Crippen LogP contribution in [0.25, 0.3) is 0 Å². The van der Waals surface area contributed by atoms with Gasteiger partial charge in [-0.25, -0.2) is 0 Å². The Hall–Kier alpha value is -2.54. The highest BCUT2D eigenvalue weighted by Gasteiger charge is 2.15. The molecule has 1 aromatic heterocycles. The van der Waals surface area contributed by atoms with Gasteiger partial charge in [-0.2, -0.15) is 0 Å².